The minimum absolute atomic E-state index is 0.0593. The van der Waals surface area contributed by atoms with E-state index in [0.29, 0.717) is 0 Å². The molecule has 9 nitrogen and oxygen atoms in total. The SMILES string of the molecule is Nc1nc2nc[nH]c2c(=O)n1-c1ccccc1[N+](=O)[O-]. The average Bonchev–Trinajstić information content (AvgIpc) is 2.87. The maximum absolute atomic E-state index is 12.3. The monoisotopic (exact) mass is 272 g/mol. The topological polar surface area (TPSA) is 133 Å². The number of H-pyrrole nitrogens is 1. The first-order valence-electron chi connectivity index (χ1n) is 5.55. The number of imidazole rings is 1. The summed E-state index contributed by atoms with van der Waals surface area (Å²) in [5.41, 5.74) is 5.31. The third kappa shape index (κ3) is 1.61. The molecule has 3 rings (SSSR count). The van der Waals surface area contributed by atoms with Crippen molar-refractivity contribution in [3.8, 4) is 5.69 Å². The molecular formula is C11H8N6O3. The number of aromatic nitrogens is 4. The number of rotatable bonds is 2. The fraction of sp³-hybridized carbons (Fsp3) is 0. The second-order valence-corrected chi connectivity index (χ2v) is 3.96. The summed E-state index contributed by atoms with van der Waals surface area (Å²) in [5.74, 6) is -0.163. The summed E-state index contributed by atoms with van der Waals surface area (Å²) < 4.78 is 0.985. The van der Waals surface area contributed by atoms with Crippen LogP contribution in [0.2, 0.25) is 0 Å². The van der Waals surface area contributed by atoms with E-state index in [2.05, 4.69) is 15.0 Å². The van der Waals surface area contributed by atoms with Crippen LogP contribution in [0.1, 0.15) is 0 Å². The molecule has 20 heavy (non-hydrogen) atoms. The number of fused-ring (bicyclic) bond motifs is 1. The van der Waals surface area contributed by atoms with Gasteiger partial charge >= 0.3 is 0 Å². The summed E-state index contributed by atoms with van der Waals surface area (Å²) in [7, 11) is 0. The van der Waals surface area contributed by atoms with Gasteiger partial charge in [0.2, 0.25) is 5.95 Å². The summed E-state index contributed by atoms with van der Waals surface area (Å²) in [5, 5.41) is 11.0. The van der Waals surface area contributed by atoms with E-state index in [9.17, 15) is 14.9 Å². The van der Waals surface area contributed by atoms with Crippen LogP contribution in [0, 0.1) is 10.1 Å². The van der Waals surface area contributed by atoms with E-state index in [1.54, 1.807) is 6.07 Å². The number of nitrogens with one attached hydrogen (secondary N) is 1. The molecular weight excluding hydrogens is 264 g/mol. The van der Waals surface area contributed by atoms with Crippen LogP contribution in [0.15, 0.2) is 35.4 Å². The summed E-state index contributed by atoms with van der Waals surface area (Å²) in [6.07, 6.45) is 1.31. The molecule has 0 fully saturated rings. The zero-order valence-corrected chi connectivity index (χ0v) is 9.98. The normalized spacial score (nSPS) is 10.8. The van der Waals surface area contributed by atoms with Gasteiger partial charge in [0.05, 0.1) is 11.3 Å². The van der Waals surface area contributed by atoms with E-state index in [0.717, 1.165) is 4.57 Å². The molecule has 0 atom stereocenters. The van der Waals surface area contributed by atoms with Gasteiger partial charge in [-0.3, -0.25) is 14.9 Å². The van der Waals surface area contributed by atoms with Crippen LogP contribution in [0.25, 0.3) is 16.9 Å². The molecule has 0 saturated heterocycles. The average molecular weight is 272 g/mol. The first kappa shape index (κ1) is 11.8. The first-order chi connectivity index (χ1) is 9.59. The van der Waals surface area contributed by atoms with Gasteiger partial charge in [-0.15, -0.1) is 0 Å². The van der Waals surface area contributed by atoms with Gasteiger partial charge < -0.3 is 10.7 Å². The molecule has 0 saturated carbocycles. The predicted molar refractivity (Wildman–Crippen MR) is 70.6 cm³/mol. The number of nitrogens with two attached hydrogens (primary N) is 1. The van der Waals surface area contributed by atoms with Gasteiger partial charge in [-0.1, -0.05) is 12.1 Å². The highest BCUT2D eigenvalue weighted by atomic mass is 16.6. The standard InChI is InChI=1S/C11H8N6O3/c12-11-15-9-8(13-5-14-9)10(18)16(11)6-3-1-2-4-7(6)17(19)20/h1-5H,(H2,12,15)(H,13,14). The Morgan fingerprint density at radius 1 is 1.35 bits per heavy atom. The van der Waals surface area contributed by atoms with Gasteiger partial charge in [-0.2, -0.15) is 4.98 Å². The van der Waals surface area contributed by atoms with Gasteiger partial charge in [0.15, 0.2) is 11.2 Å². The Hall–Kier alpha value is -3.23. The molecule has 0 radical (unpaired) electrons. The zero-order valence-electron chi connectivity index (χ0n) is 9.98. The van der Waals surface area contributed by atoms with Crippen LogP contribution in [0.4, 0.5) is 11.6 Å². The summed E-state index contributed by atoms with van der Waals surface area (Å²) >= 11 is 0. The lowest BCUT2D eigenvalue weighted by Crippen LogP contribution is -2.23. The Morgan fingerprint density at radius 3 is 2.85 bits per heavy atom. The van der Waals surface area contributed by atoms with Gasteiger partial charge in [0.1, 0.15) is 5.69 Å². The molecule has 0 aliphatic rings. The number of para-hydroxylation sites is 2. The zero-order chi connectivity index (χ0) is 14.3. The number of nitrogens with zero attached hydrogens (tertiary/aromatic N) is 4. The maximum Gasteiger partial charge on any atom is 0.293 e. The molecule has 0 unspecified atom stereocenters. The van der Waals surface area contributed by atoms with Crippen molar-refractivity contribution in [1.29, 1.82) is 0 Å². The number of nitro benzene ring substituents is 1. The van der Waals surface area contributed by atoms with Gasteiger partial charge in [0.25, 0.3) is 11.2 Å². The van der Waals surface area contributed by atoms with Crippen molar-refractivity contribution in [2.45, 2.75) is 0 Å². The van der Waals surface area contributed by atoms with Crippen molar-refractivity contribution in [3.63, 3.8) is 0 Å². The van der Waals surface area contributed by atoms with Crippen molar-refractivity contribution < 1.29 is 4.92 Å². The number of aromatic amines is 1. The van der Waals surface area contributed by atoms with Gasteiger partial charge in [-0.25, -0.2) is 9.55 Å². The molecule has 100 valence electrons. The van der Waals surface area contributed by atoms with Crippen molar-refractivity contribution >= 4 is 22.8 Å². The van der Waals surface area contributed by atoms with Crippen LogP contribution < -0.4 is 11.3 Å². The molecule has 2 heterocycles. The highest BCUT2D eigenvalue weighted by Crippen LogP contribution is 2.22. The van der Waals surface area contributed by atoms with Crippen molar-refractivity contribution in [3.05, 3.63) is 51.1 Å². The minimum Gasteiger partial charge on any atom is -0.369 e. The van der Waals surface area contributed by atoms with E-state index in [1.807, 2.05) is 0 Å². The molecule has 9 heteroatoms. The maximum atomic E-state index is 12.3. The van der Waals surface area contributed by atoms with E-state index >= 15 is 0 Å². The summed E-state index contributed by atoms with van der Waals surface area (Å²) in [6.45, 7) is 0. The Kier molecular flexibility index (Phi) is 2.46. The van der Waals surface area contributed by atoms with Crippen molar-refractivity contribution in [2.75, 3.05) is 5.73 Å². The van der Waals surface area contributed by atoms with Gasteiger partial charge in [-0.05, 0) is 6.07 Å². The number of anilines is 1. The van der Waals surface area contributed by atoms with Gasteiger partial charge in [0, 0.05) is 6.07 Å². The van der Waals surface area contributed by atoms with Crippen LogP contribution in [0.3, 0.4) is 0 Å². The fourth-order valence-electron chi connectivity index (χ4n) is 1.94. The molecule has 1 aromatic carbocycles. The minimum atomic E-state index is -0.585. The lowest BCUT2D eigenvalue weighted by atomic mass is 10.2. The van der Waals surface area contributed by atoms with Crippen LogP contribution in [0.5, 0.6) is 0 Å². The van der Waals surface area contributed by atoms with E-state index < -0.39 is 10.5 Å². The predicted octanol–water partition coefficient (Wildman–Crippen LogP) is 0.599. The molecule has 3 aromatic rings. The summed E-state index contributed by atoms with van der Waals surface area (Å²) in [4.78, 5) is 33.2. The molecule has 2 aromatic heterocycles. The first-order valence-corrected chi connectivity index (χ1v) is 5.55. The second kappa shape index (κ2) is 4.16. The number of benzene rings is 1. The Balaban J connectivity index is 2.41. The van der Waals surface area contributed by atoms with Crippen LogP contribution in [-0.4, -0.2) is 24.4 Å². The molecule has 0 bridgehead atoms. The molecule has 3 N–H and O–H groups in total. The van der Waals surface area contributed by atoms with E-state index in [1.165, 1.54) is 24.5 Å². The Labute approximate surface area is 110 Å². The van der Waals surface area contributed by atoms with Crippen LogP contribution in [-0.2, 0) is 0 Å². The molecule has 0 spiro atoms. The third-order valence-corrected chi connectivity index (χ3v) is 2.81. The highest BCUT2D eigenvalue weighted by Gasteiger charge is 2.19. The quantitative estimate of drug-likeness (QED) is 0.518. The smallest absolute Gasteiger partial charge is 0.293 e. The highest BCUT2D eigenvalue weighted by molar-refractivity contribution is 5.71. The number of nitro groups is 1. The molecule has 0 aliphatic carbocycles. The number of hydrogen-bond donors (Lipinski definition) is 2. The second-order valence-electron chi connectivity index (χ2n) is 3.96. The largest absolute Gasteiger partial charge is 0.369 e. The van der Waals surface area contributed by atoms with Crippen molar-refractivity contribution in [1.82, 2.24) is 19.5 Å². The Morgan fingerprint density at radius 2 is 2.10 bits per heavy atom. The summed E-state index contributed by atoms with van der Waals surface area (Å²) in [6, 6.07) is 5.80. The Bertz CT molecular complexity index is 881. The third-order valence-electron chi connectivity index (χ3n) is 2.81. The lowest BCUT2D eigenvalue weighted by molar-refractivity contribution is -0.384. The number of hydrogen-bond acceptors (Lipinski definition) is 6. The fourth-order valence-corrected chi connectivity index (χ4v) is 1.94. The van der Waals surface area contributed by atoms with E-state index in [-0.39, 0.29) is 28.5 Å². The number of nitrogen functional groups attached to an aromatic ring is 1. The van der Waals surface area contributed by atoms with Crippen molar-refractivity contribution in [2.24, 2.45) is 0 Å². The van der Waals surface area contributed by atoms with Crippen LogP contribution >= 0.6 is 0 Å². The lowest BCUT2D eigenvalue weighted by Gasteiger charge is -2.08. The molecule has 0 amide bonds. The molecule has 0 aliphatic heterocycles. The van der Waals surface area contributed by atoms with E-state index in [4.69, 9.17) is 5.73 Å².